The Morgan fingerprint density at radius 1 is 1.41 bits per heavy atom. The molecule has 4 nitrogen and oxygen atoms in total. The topological polar surface area (TPSA) is 58.2 Å². The predicted octanol–water partition coefficient (Wildman–Crippen LogP) is 3.48. The largest absolute Gasteiger partial charge is 0.298 e. The fraction of sp³-hybridized carbons (Fsp3) is 0.0556. The van der Waals surface area contributed by atoms with Gasteiger partial charge in [-0.2, -0.15) is 5.26 Å². The van der Waals surface area contributed by atoms with Crippen LogP contribution in [0.2, 0.25) is 0 Å². The van der Waals surface area contributed by atoms with Crippen molar-refractivity contribution in [1.29, 1.82) is 5.26 Å². The number of carbonyl (C=O) groups is 1. The molecule has 0 saturated carbocycles. The summed E-state index contributed by atoms with van der Waals surface area (Å²) >= 11 is 0. The van der Waals surface area contributed by atoms with E-state index in [1.807, 2.05) is 13.0 Å². The highest BCUT2D eigenvalue weighted by atomic mass is 16.1. The molecule has 2 rings (SSSR count). The number of hydrogen-bond donors (Lipinski definition) is 0. The zero-order valence-corrected chi connectivity index (χ0v) is 12.3. The summed E-state index contributed by atoms with van der Waals surface area (Å²) in [6.07, 6.45) is 5.49. The van der Waals surface area contributed by atoms with Gasteiger partial charge >= 0.3 is 0 Å². The third-order valence-electron chi connectivity index (χ3n) is 3.36. The van der Waals surface area contributed by atoms with Crippen LogP contribution >= 0.6 is 0 Å². The highest BCUT2D eigenvalue weighted by molar-refractivity contribution is 5.98. The Hall–Kier alpha value is -3.19. The minimum atomic E-state index is 0.420. The van der Waals surface area contributed by atoms with E-state index in [9.17, 15) is 4.79 Å². The average Bonchev–Trinajstić information content (AvgIpc) is 2.93. The van der Waals surface area contributed by atoms with Crippen molar-refractivity contribution >= 4 is 17.5 Å². The van der Waals surface area contributed by atoms with Gasteiger partial charge in [-0.25, -0.2) is 4.98 Å². The summed E-state index contributed by atoms with van der Waals surface area (Å²) in [5, 5.41) is 9.13. The van der Waals surface area contributed by atoms with Gasteiger partial charge in [0.15, 0.2) is 6.29 Å². The molecule has 0 bridgehead atoms. The third kappa shape index (κ3) is 2.52. The summed E-state index contributed by atoms with van der Waals surface area (Å²) in [5.74, 6) is 0. The van der Waals surface area contributed by atoms with E-state index in [-0.39, 0.29) is 0 Å². The molecule has 0 aliphatic rings. The first kappa shape index (κ1) is 15.2. The van der Waals surface area contributed by atoms with Crippen LogP contribution in [-0.4, -0.2) is 15.7 Å². The van der Waals surface area contributed by atoms with Crippen molar-refractivity contribution in [2.75, 3.05) is 0 Å². The maximum absolute atomic E-state index is 11.3. The zero-order valence-electron chi connectivity index (χ0n) is 12.3. The van der Waals surface area contributed by atoms with Crippen LogP contribution in [-0.2, 0) is 4.79 Å². The van der Waals surface area contributed by atoms with Crippen molar-refractivity contribution in [2.45, 2.75) is 6.92 Å². The molecule has 0 radical (unpaired) electrons. The smallest absolute Gasteiger partial charge is 0.150 e. The standard InChI is InChI=1S/C18H15N3O/c1-5-14(11-22)18(13(4)12(2)3)15-6-7-17-20-9-16(8-19)21(17)10-15/h5-7,9-11H,1-2,4H2,3H3/b18-14-. The lowest BCUT2D eigenvalue weighted by atomic mass is 9.91. The SMILES string of the molecule is C=C/C(C=O)=C(\C(=C)C(=C)C)c1ccc2ncc(C#N)n2c1. The van der Waals surface area contributed by atoms with Gasteiger partial charge in [0.2, 0.25) is 0 Å². The van der Waals surface area contributed by atoms with E-state index >= 15 is 0 Å². The van der Waals surface area contributed by atoms with Crippen LogP contribution in [0.5, 0.6) is 0 Å². The molecule has 0 spiro atoms. The Morgan fingerprint density at radius 3 is 2.68 bits per heavy atom. The maximum atomic E-state index is 11.3. The van der Waals surface area contributed by atoms with Crippen molar-refractivity contribution in [2.24, 2.45) is 0 Å². The minimum absolute atomic E-state index is 0.420. The monoisotopic (exact) mass is 289 g/mol. The van der Waals surface area contributed by atoms with E-state index in [1.165, 1.54) is 12.3 Å². The van der Waals surface area contributed by atoms with Crippen LogP contribution in [0.4, 0.5) is 0 Å². The van der Waals surface area contributed by atoms with Crippen LogP contribution in [0.3, 0.4) is 0 Å². The summed E-state index contributed by atoms with van der Waals surface area (Å²) in [5.41, 5.74) is 4.30. The number of aromatic nitrogens is 2. The lowest BCUT2D eigenvalue weighted by Crippen LogP contribution is -1.99. The number of pyridine rings is 1. The number of nitriles is 1. The molecule has 2 aromatic rings. The van der Waals surface area contributed by atoms with Gasteiger partial charge in [-0.15, -0.1) is 0 Å². The molecule has 4 heteroatoms. The number of fused-ring (bicyclic) bond motifs is 1. The van der Waals surface area contributed by atoms with Gasteiger partial charge in [0.1, 0.15) is 17.4 Å². The van der Waals surface area contributed by atoms with Gasteiger partial charge in [-0.1, -0.05) is 31.4 Å². The second kappa shape index (κ2) is 6.06. The molecule has 0 unspecified atom stereocenters. The minimum Gasteiger partial charge on any atom is -0.298 e. The molecule has 0 aliphatic heterocycles. The molecule has 0 atom stereocenters. The molecule has 0 aromatic carbocycles. The van der Waals surface area contributed by atoms with Crippen molar-refractivity contribution in [3.05, 3.63) is 78.3 Å². The second-order valence-corrected chi connectivity index (χ2v) is 4.81. The second-order valence-electron chi connectivity index (χ2n) is 4.81. The molecule has 0 amide bonds. The van der Waals surface area contributed by atoms with E-state index in [1.54, 1.807) is 16.7 Å². The molecule has 108 valence electrons. The van der Waals surface area contributed by atoms with Gasteiger partial charge in [0.05, 0.1) is 6.20 Å². The quantitative estimate of drug-likeness (QED) is 0.481. The molecule has 2 heterocycles. The number of imidazole rings is 1. The number of hydrogen-bond acceptors (Lipinski definition) is 3. The summed E-state index contributed by atoms with van der Waals surface area (Å²) in [7, 11) is 0. The molecular formula is C18H15N3O. The van der Waals surface area contributed by atoms with E-state index in [0.29, 0.717) is 28.1 Å². The van der Waals surface area contributed by atoms with Crippen LogP contribution in [0, 0.1) is 11.3 Å². The molecule has 0 saturated heterocycles. The van der Waals surface area contributed by atoms with Gasteiger partial charge < -0.3 is 0 Å². The fourth-order valence-electron chi connectivity index (χ4n) is 2.15. The van der Waals surface area contributed by atoms with Crippen molar-refractivity contribution in [1.82, 2.24) is 9.38 Å². The number of rotatable bonds is 5. The molecule has 0 fully saturated rings. The first-order valence-electron chi connectivity index (χ1n) is 6.58. The van der Waals surface area contributed by atoms with Crippen LogP contribution in [0.1, 0.15) is 18.2 Å². The summed E-state index contributed by atoms with van der Waals surface area (Å²) in [6, 6.07) is 5.70. The van der Waals surface area contributed by atoms with Gasteiger partial charge in [0, 0.05) is 17.3 Å². The Balaban J connectivity index is 2.78. The van der Waals surface area contributed by atoms with Crippen molar-refractivity contribution in [3.63, 3.8) is 0 Å². The van der Waals surface area contributed by atoms with E-state index in [4.69, 9.17) is 5.26 Å². The molecule has 0 N–H and O–H groups in total. The van der Waals surface area contributed by atoms with Crippen LogP contribution in [0.15, 0.2) is 67.1 Å². The van der Waals surface area contributed by atoms with Gasteiger partial charge in [-0.05, 0) is 30.2 Å². The van der Waals surface area contributed by atoms with Crippen molar-refractivity contribution < 1.29 is 4.79 Å². The van der Waals surface area contributed by atoms with E-state index < -0.39 is 0 Å². The molecule has 2 aromatic heterocycles. The number of carbonyl (C=O) groups excluding carboxylic acids is 1. The third-order valence-corrected chi connectivity index (χ3v) is 3.36. The highest BCUT2D eigenvalue weighted by Crippen LogP contribution is 2.30. The molecular weight excluding hydrogens is 274 g/mol. The predicted molar refractivity (Wildman–Crippen MR) is 87.0 cm³/mol. The van der Waals surface area contributed by atoms with E-state index in [0.717, 1.165) is 17.4 Å². The fourth-order valence-corrected chi connectivity index (χ4v) is 2.15. The Kier molecular flexibility index (Phi) is 4.19. The van der Waals surface area contributed by atoms with Gasteiger partial charge in [-0.3, -0.25) is 9.20 Å². The Morgan fingerprint density at radius 2 is 2.14 bits per heavy atom. The average molecular weight is 289 g/mol. The lowest BCUT2D eigenvalue weighted by molar-refractivity contribution is -0.104. The van der Waals surface area contributed by atoms with Crippen LogP contribution in [0.25, 0.3) is 11.2 Å². The highest BCUT2D eigenvalue weighted by Gasteiger charge is 2.13. The van der Waals surface area contributed by atoms with Gasteiger partial charge in [0.25, 0.3) is 0 Å². The molecule has 0 aliphatic carbocycles. The first-order valence-corrected chi connectivity index (χ1v) is 6.58. The lowest BCUT2D eigenvalue weighted by Gasteiger charge is -2.14. The maximum Gasteiger partial charge on any atom is 0.150 e. The Bertz CT molecular complexity index is 865. The van der Waals surface area contributed by atoms with Crippen molar-refractivity contribution in [3.8, 4) is 6.07 Å². The Labute approximate surface area is 129 Å². The summed E-state index contributed by atoms with van der Waals surface area (Å²) in [6.45, 7) is 13.4. The number of aldehydes is 1. The molecule has 22 heavy (non-hydrogen) atoms. The summed E-state index contributed by atoms with van der Waals surface area (Å²) in [4.78, 5) is 15.5. The number of nitrogens with zero attached hydrogens (tertiary/aromatic N) is 3. The normalized spacial score (nSPS) is 11.5. The summed E-state index contributed by atoms with van der Waals surface area (Å²) < 4.78 is 1.67. The first-order chi connectivity index (χ1) is 10.5. The number of allylic oxidation sites excluding steroid dienone is 5. The zero-order chi connectivity index (χ0) is 16.3. The van der Waals surface area contributed by atoms with Crippen LogP contribution < -0.4 is 0 Å². The van der Waals surface area contributed by atoms with E-state index in [2.05, 4.69) is 30.8 Å².